The number of nitrogens with zero attached hydrogens (tertiary/aromatic N) is 2. The fourth-order valence-corrected chi connectivity index (χ4v) is 2.85. The number of rotatable bonds is 7. The van der Waals surface area contributed by atoms with Crippen LogP contribution in [0.1, 0.15) is 42.3 Å². The molecule has 0 spiro atoms. The van der Waals surface area contributed by atoms with Crippen LogP contribution in [-0.2, 0) is 5.41 Å². The Morgan fingerprint density at radius 2 is 1.83 bits per heavy atom. The second-order valence-electron chi connectivity index (χ2n) is 8.18. The average Bonchev–Trinajstić information content (AvgIpc) is 2.65. The predicted molar refractivity (Wildman–Crippen MR) is 111 cm³/mol. The molecular weight excluding hydrogens is 372 g/mol. The summed E-state index contributed by atoms with van der Waals surface area (Å²) in [7, 11) is 1.54. The van der Waals surface area contributed by atoms with Crippen LogP contribution in [0.25, 0.3) is 0 Å². The van der Waals surface area contributed by atoms with Crippen LogP contribution in [0.15, 0.2) is 42.5 Å². The van der Waals surface area contributed by atoms with E-state index in [-0.39, 0.29) is 29.8 Å². The van der Waals surface area contributed by atoms with Crippen molar-refractivity contribution in [1.29, 1.82) is 0 Å². The number of carbonyl (C=O) groups excluding carboxylic acids is 1. The summed E-state index contributed by atoms with van der Waals surface area (Å²) < 4.78 is 5.61. The molecule has 1 atom stereocenters. The number of hydrogen-bond acceptors (Lipinski definition) is 5. The third kappa shape index (κ3) is 6.02. The van der Waals surface area contributed by atoms with Gasteiger partial charge in [0.15, 0.2) is 0 Å². The molecule has 2 aromatic rings. The molecule has 2 rings (SSSR count). The first kappa shape index (κ1) is 22.4. The molecule has 0 aliphatic heterocycles. The van der Waals surface area contributed by atoms with Gasteiger partial charge in [0.05, 0.1) is 4.92 Å². The van der Waals surface area contributed by atoms with E-state index in [2.05, 4.69) is 20.8 Å². The van der Waals surface area contributed by atoms with Gasteiger partial charge in [-0.25, -0.2) is 0 Å². The monoisotopic (exact) mass is 400 g/mol. The number of aliphatic hydroxyl groups excluding tert-OH is 1. The van der Waals surface area contributed by atoms with Crippen molar-refractivity contribution in [1.82, 2.24) is 4.90 Å². The largest absolute Gasteiger partial charge is 0.491 e. The third-order valence-corrected chi connectivity index (χ3v) is 4.65. The molecule has 1 unspecified atom stereocenters. The van der Waals surface area contributed by atoms with Crippen LogP contribution in [0.5, 0.6) is 5.75 Å². The SMILES string of the molecule is Cc1ccc(C(=O)N(C)CC(O)COc2ccc(C(C)(C)C)cc2)cc1[N+](=O)[O-]. The number of nitro benzene ring substituents is 1. The summed E-state index contributed by atoms with van der Waals surface area (Å²) >= 11 is 0. The maximum Gasteiger partial charge on any atom is 0.273 e. The van der Waals surface area contributed by atoms with E-state index in [1.807, 2.05) is 24.3 Å². The van der Waals surface area contributed by atoms with Crippen LogP contribution in [0.4, 0.5) is 5.69 Å². The van der Waals surface area contributed by atoms with E-state index in [1.54, 1.807) is 19.1 Å². The first-order valence-electron chi connectivity index (χ1n) is 9.41. The highest BCUT2D eigenvalue weighted by Gasteiger charge is 2.20. The molecule has 0 saturated carbocycles. The summed E-state index contributed by atoms with van der Waals surface area (Å²) in [5.74, 6) is 0.238. The van der Waals surface area contributed by atoms with Crippen LogP contribution in [0.3, 0.4) is 0 Å². The van der Waals surface area contributed by atoms with Crippen molar-refractivity contribution >= 4 is 11.6 Å². The van der Waals surface area contributed by atoms with Crippen molar-refractivity contribution < 1.29 is 19.6 Å². The van der Waals surface area contributed by atoms with E-state index in [4.69, 9.17) is 4.74 Å². The smallest absolute Gasteiger partial charge is 0.273 e. The summed E-state index contributed by atoms with van der Waals surface area (Å²) in [6, 6.07) is 12.0. The Morgan fingerprint density at radius 1 is 1.21 bits per heavy atom. The van der Waals surface area contributed by atoms with Gasteiger partial charge >= 0.3 is 0 Å². The van der Waals surface area contributed by atoms with E-state index in [1.165, 1.54) is 23.6 Å². The summed E-state index contributed by atoms with van der Waals surface area (Å²) in [4.78, 5) is 24.4. The normalized spacial score (nSPS) is 12.3. The lowest BCUT2D eigenvalue weighted by molar-refractivity contribution is -0.385. The van der Waals surface area contributed by atoms with Crippen molar-refractivity contribution in [2.24, 2.45) is 0 Å². The minimum absolute atomic E-state index is 0.0283. The van der Waals surface area contributed by atoms with Gasteiger partial charge in [0, 0.05) is 30.8 Å². The van der Waals surface area contributed by atoms with Crippen LogP contribution in [-0.4, -0.2) is 47.1 Å². The topological polar surface area (TPSA) is 92.9 Å². The molecule has 7 heteroatoms. The van der Waals surface area contributed by atoms with Gasteiger partial charge in [-0.3, -0.25) is 14.9 Å². The third-order valence-electron chi connectivity index (χ3n) is 4.65. The number of benzene rings is 2. The highest BCUT2D eigenvalue weighted by Crippen LogP contribution is 2.24. The van der Waals surface area contributed by atoms with Gasteiger partial charge < -0.3 is 14.7 Å². The van der Waals surface area contributed by atoms with Gasteiger partial charge in [-0.15, -0.1) is 0 Å². The van der Waals surface area contributed by atoms with E-state index >= 15 is 0 Å². The number of hydrogen-bond donors (Lipinski definition) is 1. The van der Waals surface area contributed by atoms with Crippen LogP contribution in [0.2, 0.25) is 0 Å². The molecule has 1 N–H and O–H groups in total. The Balaban J connectivity index is 1.93. The molecule has 0 aliphatic carbocycles. The molecule has 0 fully saturated rings. The molecule has 0 heterocycles. The number of likely N-dealkylation sites (N-methyl/N-ethyl adjacent to an activating group) is 1. The lowest BCUT2D eigenvalue weighted by atomic mass is 9.87. The van der Waals surface area contributed by atoms with E-state index < -0.39 is 16.9 Å². The number of aliphatic hydroxyl groups is 1. The van der Waals surface area contributed by atoms with Gasteiger partial charge in [-0.1, -0.05) is 39.0 Å². The van der Waals surface area contributed by atoms with Crippen LogP contribution < -0.4 is 4.74 Å². The van der Waals surface area contributed by atoms with Crippen molar-refractivity contribution in [3.63, 3.8) is 0 Å². The molecule has 0 aliphatic rings. The molecule has 0 radical (unpaired) electrons. The minimum atomic E-state index is -0.897. The van der Waals surface area contributed by atoms with Crippen LogP contribution >= 0.6 is 0 Å². The zero-order valence-electron chi connectivity index (χ0n) is 17.5. The zero-order valence-corrected chi connectivity index (χ0v) is 17.5. The molecule has 7 nitrogen and oxygen atoms in total. The molecule has 0 saturated heterocycles. The van der Waals surface area contributed by atoms with Gasteiger partial charge in [-0.2, -0.15) is 0 Å². The second kappa shape index (κ2) is 9.05. The first-order chi connectivity index (χ1) is 13.5. The van der Waals surface area contributed by atoms with Crippen molar-refractivity contribution in [3.05, 3.63) is 69.3 Å². The Bertz CT molecular complexity index is 872. The van der Waals surface area contributed by atoms with Crippen molar-refractivity contribution in [2.45, 2.75) is 39.2 Å². The average molecular weight is 400 g/mol. The number of amides is 1. The Morgan fingerprint density at radius 3 is 2.38 bits per heavy atom. The van der Waals surface area contributed by atoms with Gasteiger partial charge in [0.1, 0.15) is 18.5 Å². The van der Waals surface area contributed by atoms with Crippen LogP contribution in [0, 0.1) is 17.0 Å². The number of carbonyl (C=O) groups is 1. The van der Waals surface area contributed by atoms with E-state index in [9.17, 15) is 20.0 Å². The fraction of sp³-hybridized carbons (Fsp3) is 0.409. The van der Waals surface area contributed by atoms with E-state index in [0.717, 1.165) is 0 Å². The summed E-state index contributed by atoms with van der Waals surface area (Å²) in [6.07, 6.45) is -0.897. The molecular formula is C22H28N2O5. The standard InChI is InChI=1S/C22H28N2O5/c1-15-6-7-16(12-20(15)24(27)28)21(26)23(5)13-18(25)14-29-19-10-8-17(9-11-19)22(2,3)4/h6-12,18,25H,13-14H2,1-5H3. The summed E-state index contributed by atoms with van der Waals surface area (Å²) in [5.41, 5.74) is 1.82. The first-order valence-corrected chi connectivity index (χ1v) is 9.41. The second-order valence-corrected chi connectivity index (χ2v) is 8.18. The lowest BCUT2D eigenvalue weighted by Crippen LogP contribution is -2.37. The van der Waals surface area contributed by atoms with Gasteiger partial charge in [-0.05, 0) is 36.1 Å². The highest BCUT2D eigenvalue weighted by atomic mass is 16.6. The predicted octanol–water partition coefficient (Wildman–Crippen LogP) is 3.71. The number of aryl methyl sites for hydroxylation is 1. The molecule has 1 amide bonds. The lowest BCUT2D eigenvalue weighted by Gasteiger charge is -2.22. The van der Waals surface area contributed by atoms with Gasteiger partial charge in [0.25, 0.3) is 11.6 Å². The fourth-order valence-electron chi connectivity index (χ4n) is 2.85. The molecule has 0 bridgehead atoms. The number of nitro groups is 1. The Kier molecular flexibility index (Phi) is 6.97. The van der Waals surface area contributed by atoms with E-state index in [0.29, 0.717) is 11.3 Å². The maximum atomic E-state index is 12.5. The Hall–Kier alpha value is -2.93. The zero-order chi connectivity index (χ0) is 21.8. The van der Waals surface area contributed by atoms with Crippen molar-refractivity contribution in [2.75, 3.05) is 20.2 Å². The molecule has 29 heavy (non-hydrogen) atoms. The maximum absolute atomic E-state index is 12.5. The highest BCUT2D eigenvalue weighted by molar-refractivity contribution is 5.94. The molecule has 156 valence electrons. The van der Waals surface area contributed by atoms with Crippen molar-refractivity contribution in [3.8, 4) is 5.75 Å². The number of ether oxygens (including phenoxy) is 1. The Labute approximate surface area is 171 Å². The summed E-state index contributed by atoms with van der Waals surface area (Å²) in [5, 5.41) is 21.3. The van der Waals surface area contributed by atoms with Gasteiger partial charge in [0.2, 0.25) is 0 Å². The molecule has 0 aromatic heterocycles. The molecule has 2 aromatic carbocycles. The quantitative estimate of drug-likeness (QED) is 0.565. The summed E-state index contributed by atoms with van der Waals surface area (Å²) in [6.45, 7) is 8.07. The minimum Gasteiger partial charge on any atom is -0.491 e.